The molecule has 1 N–H and O–H groups in total. The average molecular weight is 306 g/mol. The van der Waals surface area contributed by atoms with E-state index < -0.39 is 24.0 Å². The van der Waals surface area contributed by atoms with E-state index in [4.69, 9.17) is 5.11 Å². The maximum atomic E-state index is 12.4. The van der Waals surface area contributed by atoms with Gasteiger partial charge in [-0.1, -0.05) is 54.1 Å². The summed E-state index contributed by atoms with van der Waals surface area (Å²) in [5.74, 6) is -3.15. The van der Waals surface area contributed by atoms with Gasteiger partial charge in [-0.05, 0) is 23.1 Å². The van der Waals surface area contributed by atoms with Gasteiger partial charge in [-0.2, -0.15) is 0 Å². The Balaban J connectivity index is 2.22. The third-order valence-electron chi connectivity index (χ3n) is 3.88. The van der Waals surface area contributed by atoms with Crippen LogP contribution in [0.25, 0.3) is 21.5 Å². The van der Waals surface area contributed by atoms with E-state index in [1.165, 1.54) is 0 Å². The molecule has 3 aromatic rings. The Morgan fingerprint density at radius 3 is 2.43 bits per heavy atom. The molecule has 3 aromatic carbocycles. The molecule has 0 aliphatic heterocycles. The summed E-state index contributed by atoms with van der Waals surface area (Å²) in [7, 11) is 0. The predicted octanol–water partition coefficient (Wildman–Crippen LogP) is 3.53. The number of hydrogen-bond acceptors (Lipinski definition) is 3. The Morgan fingerprint density at radius 2 is 1.70 bits per heavy atom. The van der Waals surface area contributed by atoms with Gasteiger partial charge in [-0.15, -0.1) is 0 Å². The number of carbonyl (C=O) groups excluding carboxylic acids is 2. The highest BCUT2D eigenvalue weighted by Gasteiger charge is 2.20. The van der Waals surface area contributed by atoms with Crippen LogP contribution in [-0.2, 0) is 9.59 Å². The minimum Gasteiger partial charge on any atom is -0.475 e. The number of carboxylic acid groups (broad SMARTS) is 1. The molecule has 0 bridgehead atoms. The number of Topliss-reactive ketones (excluding diaryl/α,β-unsaturated/α-hetero) is 2. The molecule has 0 spiro atoms. The van der Waals surface area contributed by atoms with E-state index >= 15 is 0 Å². The van der Waals surface area contributed by atoms with Crippen molar-refractivity contribution in [2.75, 3.05) is 0 Å². The number of rotatable bonds is 4. The Bertz CT molecular complexity index is 970. The lowest BCUT2D eigenvalue weighted by molar-refractivity contribution is -0.148. The average Bonchev–Trinajstić information content (AvgIpc) is 2.53. The Kier molecular flexibility index (Phi) is 3.66. The quantitative estimate of drug-likeness (QED) is 0.346. The molecular formula is C19H14O4. The first-order valence-electron chi connectivity index (χ1n) is 7.19. The minimum atomic E-state index is -1.58. The second kappa shape index (κ2) is 5.65. The molecule has 0 saturated heterocycles. The SMILES string of the molecule is Cc1ccc2c(ccc3cccc(C(=O)CC(=O)C(=O)O)c32)c1. The Morgan fingerprint density at radius 1 is 0.957 bits per heavy atom. The standard InChI is InChI=1S/C19H14O4/c1-11-5-8-14-13(9-11)7-6-12-3-2-4-15(18(12)14)16(20)10-17(21)19(22)23/h2-9H,10H2,1H3,(H,22,23). The minimum absolute atomic E-state index is 0.381. The summed E-state index contributed by atoms with van der Waals surface area (Å²) in [6, 6.07) is 15.1. The van der Waals surface area contributed by atoms with Crippen LogP contribution in [0.15, 0.2) is 48.5 Å². The van der Waals surface area contributed by atoms with Crippen molar-refractivity contribution in [3.8, 4) is 0 Å². The second-order valence-electron chi connectivity index (χ2n) is 5.52. The van der Waals surface area contributed by atoms with E-state index in [-0.39, 0.29) is 0 Å². The van der Waals surface area contributed by atoms with E-state index in [1.807, 2.05) is 43.3 Å². The highest BCUT2D eigenvalue weighted by Crippen LogP contribution is 2.29. The topological polar surface area (TPSA) is 71.4 Å². The molecule has 0 aliphatic carbocycles. The summed E-state index contributed by atoms with van der Waals surface area (Å²) in [6.45, 7) is 1.99. The van der Waals surface area contributed by atoms with Gasteiger partial charge in [0.1, 0.15) is 0 Å². The summed E-state index contributed by atoms with van der Waals surface area (Å²) in [6.07, 6.45) is -0.628. The third-order valence-corrected chi connectivity index (χ3v) is 3.88. The molecule has 0 aliphatic rings. The smallest absolute Gasteiger partial charge is 0.372 e. The molecule has 0 radical (unpaired) electrons. The molecule has 23 heavy (non-hydrogen) atoms. The fourth-order valence-electron chi connectivity index (χ4n) is 2.79. The lowest BCUT2D eigenvalue weighted by atomic mass is 9.93. The van der Waals surface area contributed by atoms with E-state index in [0.717, 1.165) is 27.1 Å². The van der Waals surface area contributed by atoms with Crippen molar-refractivity contribution in [2.45, 2.75) is 13.3 Å². The lowest BCUT2D eigenvalue weighted by Gasteiger charge is -2.09. The van der Waals surface area contributed by atoms with Gasteiger partial charge in [0.15, 0.2) is 5.78 Å². The van der Waals surface area contributed by atoms with Crippen LogP contribution in [-0.4, -0.2) is 22.6 Å². The summed E-state index contributed by atoms with van der Waals surface area (Å²) < 4.78 is 0. The molecule has 114 valence electrons. The zero-order valence-corrected chi connectivity index (χ0v) is 12.5. The molecular weight excluding hydrogens is 292 g/mol. The molecule has 0 atom stereocenters. The van der Waals surface area contributed by atoms with Crippen LogP contribution >= 0.6 is 0 Å². The monoisotopic (exact) mass is 306 g/mol. The van der Waals surface area contributed by atoms with Crippen LogP contribution in [0.4, 0.5) is 0 Å². The van der Waals surface area contributed by atoms with Gasteiger partial charge in [0.2, 0.25) is 5.78 Å². The fraction of sp³-hybridized carbons (Fsp3) is 0.105. The van der Waals surface area contributed by atoms with Crippen molar-refractivity contribution in [3.05, 3.63) is 59.7 Å². The molecule has 0 unspecified atom stereocenters. The maximum Gasteiger partial charge on any atom is 0.372 e. The molecule has 0 aromatic heterocycles. The number of hydrogen-bond donors (Lipinski definition) is 1. The van der Waals surface area contributed by atoms with Gasteiger partial charge < -0.3 is 5.11 Å². The maximum absolute atomic E-state index is 12.4. The van der Waals surface area contributed by atoms with Crippen molar-refractivity contribution in [1.82, 2.24) is 0 Å². The number of aryl methyl sites for hydroxylation is 1. The summed E-state index contributed by atoms with van der Waals surface area (Å²) in [4.78, 5) is 34.4. The highest BCUT2D eigenvalue weighted by molar-refractivity contribution is 6.38. The molecule has 4 heteroatoms. The number of carboxylic acids is 1. The summed E-state index contributed by atoms with van der Waals surface area (Å²) in [5, 5.41) is 12.3. The first-order chi connectivity index (χ1) is 11.0. The number of aliphatic carboxylic acids is 1. The number of fused-ring (bicyclic) bond motifs is 3. The molecule has 4 nitrogen and oxygen atoms in total. The molecule has 0 fully saturated rings. The van der Waals surface area contributed by atoms with E-state index in [9.17, 15) is 14.4 Å². The van der Waals surface area contributed by atoms with Gasteiger partial charge in [0.25, 0.3) is 0 Å². The van der Waals surface area contributed by atoms with Gasteiger partial charge in [0.05, 0.1) is 6.42 Å². The summed E-state index contributed by atoms with van der Waals surface area (Å²) in [5.41, 5.74) is 1.49. The van der Waals surface area contributed by atoms with E-state index in [0.29, 0.717) is 5.56 Å². The molecule has 3 rings (SSSR count). The molecule has 0 amide bonds. The largest absolute Gasteiger partial charge is 0.475 e. The van der Waals surface area contributed by atoms with Gasteiger partial charge in [-0.25, -0.2) is 4.79 Å². The van der Waals surface area contributed by atoms with E-state index in [1.54, 1.807) is 12.1 Å². The van der Waals surface area contributed by atoms with Crippen molar-refractivity contribution in [2.24, 2.45) is 0 Å². The van der Waals surface area contributed by atoms with Gasteiger partial charge in [0, 0.05) is 10.9 Å². The Labute approximate surface area is 132 Å². The summed E-state index contributed by atoms with van der Waals surface area (Å²) >= 11 is 0. The van der Waals surface area contributed by atoms with Gasteiger partial charge >= 0.3 is 5.97 Å². The van der Waals surface area contributed by atoms with Crippen molar-refractivity contribution < 1.29 is 19.5 Å². The predicted molar refractivity (Wildman–Crippen MR) is 87.8 cm³/mol. The van der Waals surface area contributed by atoms with Gasteiger partial charge in [-0.3, -0.25) is 9.59 Å². The zero-order valence-electron chi connectivity index (χ0n) is 12.5. The number of ketones is 2. The molecule has 0 saturated carbocycles. The lowest BCUT2D eigenvalue weighted by Crippen LogP contribution is -2.17. The first kappa shape index (κ1) is 14.9. The molecule has 0 heterocycles. The number of carbonyl (C=O) groups is 3. The fourth-order valence-corrected chi connectivity index (χ4v) is 2.79. The van der Waals surface area contributed by atoms with E-state index in [2.05, 4.69) is 0 Å². The second-order valence-corrected chi connectivity index (χ2v) is 5.52. The van der Waals surface area contributed by atoms with Crippen LogP contribution in [0, 0.1) is 6.92 Å². The van der Waals surface area contributed by atoms with Crippen LogP contribution in [0.3, 0.4) is 0 Å². The van der Waals surface area contributed by atoms with Crippen molar-refractivity contribution in [3.63, 3.8) is 0 Å². The van der Waals surface area contributed by atoms with Crippen LogP contribution in [0.5, 0.6) is 0 Å². The number of benzene rings is 3. The third kappa shape index (κ3) is 2.71. The van der Waals surface area contributed by atoms with Crippen molar-refractivity contribution >= 4 is 39.1 Å². The zero-order chi connectivity index (χ0) is 16.6. The first-order valence-corrected chi connectivity index (χ1v) is 7.19. The van der Waals surface area contributed by atoms with Crippen LogP contribution in [0.2, 0.25) is 0 Å². The normalized spacial score (nSPS) is 10.8. The highest BCUT2D eigenvalue weighted by atomic mass is 16.4. The van der Waals surface area contributed by atoms with Crippen molar-refractivity contribution in [1.29, 1.82) is 0 Å². The Hall–Kier alpha value is -3.01. The van der Waals surface area contributed by atoms with Crippen LogP contribution < -0.4 is 0 Å². The van der Waals surface area contributed by atoms with Crippen LogP contribution in [0.1, 0.15) is 22.3 Å².